The lowest BCUT2D eigenvalue weighted by molar-refractivity contribution is -0.121. The number of para-hydroxylation sites is 1. The number of hydrogen-bond donors (Lipinski definition) is 2. The number of hydrogen-bond acceptors (Lipinski definition) is 4. The third-order valence-electron chi connectivity index (χ3n) is 4.19. The van der Waals surface area contributed by atoms with E-state index < -0.39 is 0 Å². The van der Waals surface area contributed by atoms with Gasteiger partial charge in [0.05, 0.1) is 6.04 Å². The molecule has 1 aromatic carbocycles. The van der Waals surface area contributed by atoms with Gasteiger partial charge in [-0.15, -0.1) is 10.2 Å². The van der Waals surface area contributed by atoms with E-state index in [2.05, 4.69) is 55.8 Å². The Morgan fingerprint density at radius 2 is 2.21 bits per heavy atom. The maximum atomic E-state index is 12.3. The molecule has 1 amide bonds. The summed E-state index contributed by atoms with van der Waals surface area (Å²) < 4.78 is 2.10. The number of rotatable bonds is 7. The largest absolute Gasteiger partial charge is 0.350 e. The molecule has 7 heteroatoms. The van der Waals surface area contributed by atoms with Gasteiger partial charge >= 0.3 is 0 Å². The van der Waals surface area contributed by atoms with Gasteiger partial charge in [0.1, 0.15) is 0 Å². The maximum Gasteiger partial charge on any atom is 0.220 e. The predicted molar refractivity (Wildman–Crippen MR) is 91.2 cm³/mol. The Morgan fingerprint density at radius 3 is 2.96 bits per heavy atom. The summed E-state index contributed by atoms with van der Waals surface area (Å²) in [6, 6.07) is 8.06. The molecular formula is C17H22N6O. The minimum absolute atomic E-state index is 0.00573. The smallest absolute Gasteiger partial charge is 0.220 e. The molecule has 0 spiro atoms. The van der Waals surface area contributed by atoms with E-state index in [1.54, 1.807) is 0 Å². The van der Waals surface area contributed by atoms with Crippen molar-refractivity contribution in [2.45, 2.75) is 38.6 Å². The topological polar surface area (TPSA) is 88.5 Å². The quantitative estimate of drug-likeness (QED) is 0.697. The molecule has 0 aliphatic heterocycles. The van der Waals surface area contributed by atoms with Crippen LogP contribution in [0.15, 0.2) is 30.5 Å². The molecule has 1 unspecified atom stereocenters. The number of carbonyl (C=O) groups excluding carboxylic acids is 1. The number of aromatic amines is 1. The average Bonchev–Trinajstić information content (AvgIpc) is 3.22. The van der Waals surface area contributed by atoms with Crippen LogP contribution in [0.1, 0.15) is 43.6 Å². The molecule has 0 fully saturated rings. The molecule has 0 aliphatic carbocycles. The van der Waals surface area contributed by atoms with E-state index in [4.69, 9.17) is 0 Å². The molecule has 126 valence electrons. The fourth-order valence-corrected chi connectivity index (χ4v) is 3.01. The fourth-order valence-electron chi connectivity index (χ4n) is 3.01. The van der Waals surface area contributed by atoms with Crippen molar-refractivity contribution in [1.82, 2.24) is 30.5 Å². The second-order valence-electron chi connectivity index (χ2n) is 5.96. The van der Waals surface area contributed by atoms with Gasteiger partial charge in [0.15, 0.2) is 5.82 Å². The molecule has 3 rings (SSSR count). The van der Waals surface area contributed by atoms with Crippen LogP contribution in [-0.4, -0.2) is 31.1 Å². The first-order valence-electron chi connectivity index (χ1n) is 8.24. The lowest BCUT2D eigenvalue weighted by Gasteiger charge is -2.14. The number of amides is 1. The van der Waals surface area contributed by atoms with Crippen LogP contribution in [0.4, 0.5) is 0 Å². The van der Waals surface area contributed by atoms with Gasteiger partial charge in [-0.3, -0.25) is 4.79 Å². The number of aryl methyl sites for hydroxylation is 2. The summed E-state index contributed by atoms with van der Waals surface area (Å²) in [4.78, 5) is 12.3. The summed E-state index contributed by atoms with van der Waals surface area (Å²) in [5.41, 5.74) is 2.37. The van der Waals surface area contributed by atoms with E-state index in [0.717, 1.165) is 12.8 Å². The van der Waals surface area contributed by atoms with Crippen LogP contribution in [0, 0.1) is 0 Å². The van der Waals surface area contributed by atoms with Gasteiger partial charge < -0.3 is 9.88 Å². The summed E-state index contributed by atoms with van der Waals surface area (Å²) in [5.74, 6) is 0.543. The van der Waals surface area contributed by atoms with Gasteiger partial charge in [0, 0.05) is 30.6 Å². The highest BCUT2D eigenvalue weighted by Crippen LogP contribution is 2.21. The lowest BCUT2D eigenvalue weighted by Crippen LogP contribution is -2.29. The number of fused-ring (bicyclic) bond motifs is 1. The Bertz CT molecular complexity index is 808. The van der Waals surface area contributed by atoms with Gasteiger partial charge in [-0.25, -0.2) is 0 Å². The van der Waals surface area contributed by atoms with E-state index in [1.165, 1.54) is 16.5 Å². The molecule has 0 saturated heterocycles. The number of benzene rings is 1. The Labute approximate surface area is 140 Å². The van der Waals surface area contributed by atoms with Crippen LogP contribution in [0.25, 0.3) is 10.9 Å². The second-order valence-corrected chi connectivity index (χ2v) is 5.96. The van der Waals surface area contributed by atoms with E-state index in [9.17, 15) is 4.79 Å². The van der Waals surface area contributed by atoms with Gasteiger partial charge in [-0.2, -0.15) is 5.21 Å². The van der Waals surface area contributed by atoms with Crippen molar-refractivity contribution in [1.29, 1.82) is 0 Å². The molecule has 3 aromatic rings. The highest BCUT2D eigenvalue weighted by Gasteiger charge is 2.18. The Morgan fingerprint density at radius 1 is 1.38 bits per heavy atom. The zero-order valence-corrected chi connectivity index (χ0v) is 14.0. The van der Waals surface area contributed by atoms with E-state index in [0.29, 0.717) is 18.7 Å². The molecule has 0 bridgehead atoms. The van der Waals surface area contributed by atoms with Crippen molar-refractivity contribution in [3.05, 3.63) is 41.9 Å². The summed E-state index contributed by atoms with van der Waals surface area (Å²) in [7, 11) is 2.03. The summed E-state index contributed by atoms with van der Waals surface area (Å²) >= 11 is 0. The molecule has 0 saturated carbocycles. The summed E-state index contributed by atoms with van der Waals surface area (Å²) in [5, 5.41) is 18.2. The number of tetrazole rings is 1. The average molecular weight is 326 g/mol. The molecule has 7 nitrogen and oxygen atoms in total. The Balaban J connectivity index is 1.64. The molecular weight excluding hydrogens is 304 g/mol. The van der Waals surface area contributed by atoms with Crippen molar-refractivity contribution in [2.24, 2.45) is 7.05 Å². The predicted octanol–water partition coefficient (Wildman–Crippen LogP) is 2.28. The number of H-pyrrole nitrogens is 1. The lowest BCUT2D eigenvalue weighted by atomic mass is 10.1. The van der Waals surface area contributed by atoms with E-state index in [1.807, 2.05) is 19.2 Å². The first-order chi connectivity index (χ1) is 11.7. The number of nitrogens with one attached hydrogen (secondary N) is 2. The number of nitrogens with zero attached hydrogens (tertiary/aromatic N) is 4. The van der Waals surface area contributed by atoms with E-state index in [-0.39, 0.29) is 11.9 Å². The zero-order chi connectivity index (χ0) is 16.9. The SMILES string of the molecule is CCCC(NC(=O)CCc1cn(C)c2ccccc12)c1nn[nH]n1. The highest BCUT2D eigenvalue weighted by atomic mass is 16.1. The minimum atomic E-state index is -0.186. The Hall–Kier alpha value is -2.70. The van der Waals surface area contributed by atoms with Crippen molar-refractivity contribution in [3.63, 3.8) is 0 Å². The standard InChI is InChI=1S/C17H22N6O/c1-3-6-14(17-19-21-22-20-17)18-16(24)10-9-12-11-23(2)15-8-5-4-7-13(12)15/h4-5,7-8,11,14H,3,6,9-10H2,1-2H3,(H,18,24)(H,19,20,21,22). The third kappa shape index (κ3) is 3.45. The Kier molecular flexibility index (Phi) is 4.88. The van der Waals surface area contributed by atoms with Crippen LogP contribution >= 0.6 is 0 Å². The zero-order valence-electron chi connectivity index (χ0n) is 14.0. The van der Waals surface area contributed by atoms with Crippen molar-refractivity contribution >= 4 is 16.8 Å². The summed E-state index contributed by atoms with van der Waals surface area (Å²) in [6.07, 6.45) is 4.97. The fraction of sp³-hybridized carbons (Fsp3) is 0.412. The van der Waals surface area contributed by atoms with Crippen LogP contribution in [0.3, 0.4) is 0 Å². The van der Waals surface area contributed by atoms with Gasteiger partial charge in [-0.05, 0) is 24.5 Å². The van der Waals surface area contributed by atoms with Crippen LogP contribution in [0.2, 0.25) is 0 Å². The molecule has 24 heavy (non-hydrogen) atoms. The third-order valence-corrected chi connectivity index (χ3v) is 4.19. The number of carbonyl (C=O) groups is 1. The monoisotopic (exact) mass is 326 g/mol. The first-order valence-corrected chi connectivity index (χ1v) is 8.24. The number of aromatic nitrogens is 5. The molecule has 2 heterocycles. The van der Waals surface area contributed by atoms with Crippen molar-refractivity contribution in [3.8, 4) is 0 Å². The first kappa shape index (κ1) is 16.2. The molecule has 2 N–H and O–H groups in total. The van der Waals surface area contributed by atoms with Gasteiger partial charge in [-0.1, -0.05) is 36.8 Å². The van der Waals surface area contributed by atoms with Crippen LogP contribution < -0.4 is 5.32 Å². The normalized spacial score (nSPS) is 12.4. The van der Waals surface area contributed by atoms with Crippen molar-refractivity contribution < 1.29 is 4.79 Å². The van der Waals surface area contributed by atoms with Crippen LogP contribution in [0.5, 0.6) is 0 Å². The summed E-state index contributed by atoms with van der Waals surface area (Å²) in [6.45, 7) is 2.06. The minimum Gasteiger partial charge on any atom is -0.350 e. The van der Waals surface area contributed by atoms with E-state index >= 15 is 0 Å². The van der Waals surface area contributed by atoms with Crippen molar-refractivity contribution in [2.75, 3.05) is 0 Å². The highest BCUT2D eigenvalue weighted by molar-refractivity contribution is 5.85. The van der Waals surface area contributed by atoms with Gasteiger partial charge in [0.25, 0.3) is 0 Å². The molecule has 1 atom stereocenters. The molecule has 0 radical (unpaired) electrons. The second kappa shape index (κ2) is 7.25. The molecule has 0 aliphatic rings. The molecule has 2 aromatic heterocycles. The van der Waals surface area contributed by atoms with Gasteiger partial charge in [0.2, 0.25) is 5.91 Å². The maximum absolute atomic E-state index is 12.3. The van der Waals surface area contributed by atoms with Crippen LogP contribution in [-0.2, 0) is 18.3 Å².